The number of benzene rings is 1. The van der Waals surface area contributed by atoms with E-state index in [4.69, 9.17) is 0 Å². The molecular formula is C12H16BrN. The van der Waals surface area contributed by atoms with E-state index in [1.165, 1.54) is 11.3 Å². The predicted molar refractivity (Wildman–Crippen MR) is 66.8 cm³/mol. The number of allylic oxidation sites excluding steroid dienone is 1. The first-order valence-corrected chi connectivity index (χ1v) is 5.70. The second-order valence-electron chi connectivity index (χ2n) is 3.10. The molecule has 14 heavy (non-hydrogen) atoms. The molecule has 0 aliphatic carbocycles. The number of halogens is 1. The van der Waals surface area contributed by atoms with Crippen LogP contribution in [0.2, 0.25) is 0 Å². The molecule has 1 aromatic carbocycles. The molecule has 1 rings (SSSR count). The number of nitrogens with one attached hydrogen (secondary N) is 1. The number of hydrogen-bond acceptors (Lipinski definition) is 1. The van der Waals surface area contributed by atoms with Gasteiger partial charge in [0.15, 0.2) is 0 Å². The zero-order chi connectivity index (χ0) is 10.4. The molecule has 1 aromatic rings. The maximum absolute atomic E-state index is 3.48. The van der Waals surface area contributed by atoms with E-state index < -0.39 is 0 Å². The predicted octanol–water partition coefficient (Wildman–Crippen LogP) is 4.00. The molecule has 0 spiro atoms. The van der Waals surface area contributed by atoms with Crippen LogP contribution in [-0.4, -0.2) is 6.54 Å². The Hall–Kier alpha value is -0.760. The summed E-state index contributed by atoms with van der Waals surface area (Å²) < 4.78 is 1.14. The molecule has 1 N–H and O–H groups in total. The Kier molecular flexibility index (Phi) is 4.74. The highest BCUT2D eigenvalue weighted by Gasteiger charge is 1.99. The first-order valence-electron chi connectivity index (χ1n) is 4.91. The van der Waals surface area contributed by atoms with Gasteiger partial charge in [0, 0.05) is 16.7 Å². The summed E-state index contributed by atoms with van der Waals surface area (Å²) >= 11 is 3.48. The Bertz CT molecular complexity index is 318. The molecule has 0 bridgehead atoms. The fourth-order valence-electron chi connectivity index (χ4n) is 1.31. The van der Waals surface area contributed by atoms with Crippen molar-refractivity contribution in [2.75, 3.05) is 11.9 Å². The minimum absolute atomic E-state index is 0.894. The number of aryl methyl sites for hydroxylation is 1. The highest BCUT2D eigenvalue weighted by Crippen LogP contribution is 2.21. The standard InChI is InChI=1S/C12H16BrN/c1-3-5-8-14-12-7-6-11(13)9-10(12)4-2/h3,5-7,9,14H,4,8H2,1-2H3/b5-3+. The van der Waals surface area contributed by atoms with Crippen molar-refractivity contribution in [1.29, 1.82) is 0 Å². The Morgan fingerprint density at radius 2 is 2.21 bits per heavy atom. The summed E-state index contributed by atoms with van der Waals surface area (Å²) in [5, 5.41) is 3.38. The smallest absolute Gasteiger partial charge is 0.0375 e. The van der Waals surface area contributed by atoms with Gasteiger partial charge < -0.3 is 5.32 Å². The zero-order valence-electron chi connectivity index (χ0n) is 8.68. The van der Waals surface area contributed by atoms with Gasteiger partial charge in [-0.3, -0.25) is 0 Å². The maximum atomic E-state index is 3.48. The van der Waals surface area contributed by atoms with Gasteiger partial charge in [0.1, 0.15) is 0 Å². The number of hydrogen-bond donors (Lipinski definition) is 1. The van der Waals surface area contributed by atoms with E-state index in [-0.39, 0.29) is 0 Å². The summed E-state index contributed by atoms with van der Waals surface area (Å²) in [5.41, 5.74) is 2.58. The average Bonchev–Trinajstić information content (AvgIpc) is 2.20. The third kappa shape index (κ3) is 3.18. The molecule has 0 aromatic heterocycles. The lowest BCUT2D eigenvalue weighted by Crippen LogP contribution is -2.01. The van der Waals surface area contributed by atoms with Crippen LogP contribution in [0.4, 0.5) is 5.69 Å². The van der Waals surface area contributed by atoms with E-state index >= 15 is 0 Å². The van der Waals surface area contributed by atoms with E-state index in [0.717, 1.165) is 17.4 Å². The molecule has 0 saturated heterocycles. The minimum Gasteiger partial charge on any atom is -0.381 e. The molecule has 0 radical (unpaired) electrons. The average molecular weight is 254 g/mol. The van der Waals surface area contributed by atoms with Crippen molar-refractivity contribution >= 4 is 21.6 Å². The molecule has 0 amide bonds. The van der Waals surface area contributed by atoms with Gasteiger partial charge in [-0.25, -0.2) is 0 Å². The van der Waals surface area contributed by atoms with Gasteiger partial charge in [-0.15, -0.1) is 0 Å². The topological polar surface area (TPSA) is 12.0 Å². The van der Waals surface area contributed by atoms with Crippen molar-refractivity contribution < 1.29 is 0 Å². The van der Waals surface area contributed by atoms with Gasteiger partial charge in [-0.05, 0) is 37.1 Å². The summed E-state index contributed by atoms with van der Waals surface area (Å²) in [7, 11) is 0. The molecule has 0 unspecified atom stereocenters. The summed E-state index contributed by atoms with van der Waals surface area (Å²) in [4.78, 5) is 0. The molecule has 0 heterocycles. The van der Waals surface area contributed by atoms with Crippen LogP contribution in [0.5, 0.6) is 0 Å². The summed E-state index contributed by atoms with van der Waals surface area (Å²) in [6.45, 7) is 5.09. The third-order valence-corrected chi connectivity index (χ3v) is 2.59. The van der Waals surface area contributed by atoms with Crippen molar-refractivity contribution in [1.82, 2.24) is 0 Å². The van der Waals surface area contributed by atoms with E-state index in [1.807, 2.05) is 6.92 Å². The van der Waals surface area contributed by atoms with Crippen LogP contribution in [0, 0.1) is 0 Å². The summed E-state index contributed by atoms with van der Waals surface area (Å²) in [6, 6.07) is 6.35. The maximum Gasteiger partial charge on any atom is 0.0375 e. The van der Waals surface area contributed by atoms with Gasteiger partial charge in [-0.1, -0.05) is 35.0 Å². The second kappa shape index (κ2) is 5.86. The highest BCUT2D eigenvalue weighted by molar-refractivity contribution is 9.10. The SMILES string of the molecule is C/C=C/CNc1ccc(Br)cc1CC. The molecule has 0 aliphatic heterocycles. The fourth-order valence-corrected chi connectivity index (χ4v) is 1.72. The number of rotatable bonds is 4. The molecule has 0 aliphatic rings. The largest absolute Gasteiger partial charge is 0.381 e. The molecule has 0 atom stereocenters. The van der Waals surface area contributed by atoms with Gasteiger partial charge in [-0.2, -0.15) is 0 Å². The molecular weight excluding hydrogens is 238 g/mol. The van der Waals surface area contributed by atoms with Gasteiger partial charge >= 0.3 is 0 Å². The lowest BCUT2D eigenvalue weighted by atomic mass is 10.1. The lowest BCUT2D eigenvalue weighted by molar-refractivity contribution is 1.12. The quantitative estimate of drug-likeness (QED) is 0.801. The van der Waals surface area contributed by atoms with Gasteiger partial charge in [0.25, 0.3) is 0 Å². The Morgan fingerprint density at radius 3 is 2.86 bits per heavy atom. The number of anilines is 1. The molecule has 2 heteroatoms. The van der Waals surface area contributed by atoms with Crippen LogP contribution in [0.25, 0.3) is 0 Å². The lowest BCUT2D eigenvalue weighted by Gasteiger charge is -2.09. The molecule has 1 nitrogen and oxygen atoms in total. The van der Waals surface area contributed by atoms with Crippen LogP contribution in [0.3, 0.4) is 0 Å². The van der Waals surface area contributed by atoms with Crippen molar-refractivity contribution in [2.45, 2.75) is 20.3 Å². The van der Waals surface area contributed by atoms with E-state index in [0.29, 0.717) is 0 Å². The Balaban J connectivity index is 2.74. The first-order chi connectivity index (χ1) is 6.77. The van der Waals surface area contributed by atoms with Crippen molar-refractivity contribution in [3.05, 3.63) is 40.4 Å². The Labute approximate surface area is 94.3 Å². The van der Waals surface area contributed by atoms with Crippen molar-refractivity contribution in [3.63, 3.8) is 0 Å². The van der Waals surface area contributed by atoms with Crippen LogP contribution in [0.1, 0.15) is 19.4 Å². The van der Waals surface area contributed by atoms with Crippen molar-refractivity contribution in [3.8, 4) is 0 Å². The minimum atomic E-state index is 0.894. The first kappa shape index (κ1) is 11.3. The Morgan fingerprint density at radius 1 is 1.43 bits per heavy atom. The van der Waals surface area contributed by atoms with E-state index in [1.54, 1.807) is 0 Å². The van der Waals surface area contributed by atoms with Crippen LogP contribution in [0.15, 0.2) is 34.8 Å². The van der Waals surface area contributed by atoms with Crippen LogP contribution < -0.4 is 5.32 Å². The fraction of sp³-hybridized carbons (Fsp3) is 0.333. The van der Waals surface area contributed by atoms with Crippen LogP contribution in [-0.2, 0) is 6.42 Å². The van der Waals surface area contributed by atoms with Crippen molar-refractivity contribution in [2.24, 2.45) is 0 Å². The second-order valence-corrected chi connectivity index (χ2v) is 4.02. The van der Waals surface area contributed by atoms with Gasteiger partial charge in [0.05, 0.1) is 0 Å². The van der Waals surface area contributed by atoms with E-state index in [9.17, 15) is 0 Å². The van der Waals surface area contributed by atoms with E-state index in [2.05, 4.69) is 58.5 Å². The third-order valence-electron chi connectivity index (χ3n) is 2.09. The zero-order valence-corrected chi connectivity index (χ0v) is 10.3. The molecule has 0 fully saturated rings. The highest BCUT2D eigenvalue weighted by atomic mass is 79.9. The molecule has 0 saturated carbocycles. The monoisotopic (exact) mass is 253 g/mol. The normalized spacial score (nSPS) is 10.8. The van der Waals surface area contributed by atoms with Gasteiger partial charge in [0.2, 0.25) is 0 Å². The van der Waals surface area contributed by atoms with Crippen LogP contribution >= 0.6 is 15.9 Å². The summed E-state index contributed by atoms with van der Waals surface area (Å²) in [5.74, 6) is 0. The molecule has 76 valence electrons. The summed E-state index contributed by atoms with van der Waals surface area (Å²) in [6.07, 6.45) is 5.22.